The second kappa shape index (κ2) is 17.4. The number of carbonyl (C=O) groups is 1. The molecule has 1 aliphatic rings. The van der Waals surface area contributed by atoms with Crippen LogP contribution in [-0.4, -0.2) is 79.3 Å². The fourth-order valence-electron chi connectivity index (χ4n) is 6.42. The zero-order valence-electron chi connectivity index (χ0n) is 30.9. The number of β-amino-alcohol motifs (C(OH)–C–C–N with tert-alkyl or cyclic N) is 1. The third kappa shape index (κ3) is 9.30. The van der Waals surface area contributed by atoms with E-state index in [9.17, 15) is 25.4 Å². The molecule has 4 N–H and O–H groups in total. The summed E-state index contributed by atoms with van der Waals surface area (Å²) >= 11 is 6.74. The highest BCUT2D eigenvalue weighted by Gasteiger charge is 2.32. The minimum atomic E-state index is -1.60. The van der Waals surface area contributed by atoms with Gasteiger partial charge in [0.25, 0.3) is 0 Å². The topological polar surface area (TPSA) is 187 Å². The molecule has 5 aromatic rings. The summed E-state index contributed by atoms with van der Waals surface area (Å²) in [6.07, 6.45) is 4.17. The van der Waals surface area contributed by atoms with Gasteiger partial charge in [0.2, 0.25) is 11.8 Å². The van der Waals surface area contributed by atoms with Crippen molar-refractivity contribution in [2.24, 2.45) is 0 Å². The van der Waals surface area contributed by atoms with Crippen molar-refractivity contribution < 1.29 is 34.0 Å². The fourth-order valence-corrected chi connectivity index (χ4v) is 6.66. The second-order valence-electron chi connectivity index (χ2n) is 13.9. The summed E-state index contributed by atoms with van der Waals surface area (Å²) in [7, 11) is 0. The van der Waals surface area contributed by atoms with Gasteiger partial charge in [0, 0.05) is 67.8 Å². The van der Waals surface area contributed by atoms with Gasteiger partial charge in [-0.3, -0.25) is 15.1 Å². The predicted octanol–water partition coefficient (Wildman–Crippen LogP) is 5.63. The normalized spacial score (nSPS) is 15.4. The number of carboxylic acid groups (broad SMARTS) is 1. The lowest BCUT2D eigenvalue weighted by Crippen LogP contribution is -2.52. The quantitative estimate of drug-likeness (QED) is 0.0969. The van der Waals surface area contributed by atoms with E-state index in [2.05, 4.69) is 43.6 Å². The third-order valence-electron chi connectivity index (χ3n) is 9.93. The zero-order chi connectivity index (χ0) is 39.1. The Morgan fingerprint density at radius 1 is 1.04 bits per heavy atom. The molecule has 0 unspecified atom stereocenters. The van der Waals surface area contributed by atoms with Crippen molar-refractivity contribution in [2.75, 3.05) is 26.2 Å². The Kier molecular flexibility index (Phi) is 12.4. The lowest BCUT2D eigenvalue weighted by molar-refractivity contribution is -0.145. The molecule has 3 heterocycles. The van der Waals surface area contributed by atoms with E-state index < -0.39 is 18.1 Å². The van der Waals surface area contributed by atoms with Crippen molar-refractivity contribution in [3.63, 3.8) is 0 Å². The number of aliphatic hydroxyl groups excluding tert-OH is 2. The van der Waals surface area contributed by atoms with Crippen LogP contribution in [0.25, 0.3) is 22.6 Å². The molecule has 0 amide bonds. The molecule has 55 heavy (non-hydrogen) atoms. The molecule has 3 aromatic carbocycles. The number of nitrogens with one attached hydrogen (secondary N) is 1. The van der Waals surface area contributed by atoms with Gasteiger partial charge in [-0.15, -0.1) is 10.2 Å². The number of halogens is 1. The van der Waals surface area contributed by atoms with Gasteiger partial charge < -0.3 is 34.1 Å². The summed E-state index contributed by atoms with van der Waals surface area (Å²) in [4.78, 5) is 18.1. The maximum absolute atomic E-state index is 11.8. The van der Waals surface area contributed by atoms with Crippen molar-refractivity contribution >= 4 is 17.6 Å². The molecule has 286 valence electrons. The molecule has 6 rings (SSSR count). The average Bonchev–Trinajstić information content (AvgIpc) is 3.84. The number of benzene rings is 3. The summed E-state index contributed by atoms with van der Waals surface area (Å²) in [6.45, 7) is 7.37. The first-order chi connectivity index (χ1) is 26.5. The Labute approximate surface area is 324 Å². The summed E-state index contributed by atoms with van der Waals surface area (Å²) < 4.78 is 18.6. The third-order valence-corrected chi connectivity index (χ3v) is 10.2. The largest absolute Gasteiger partial charge is 0.488 e. The molecule has 2 atom stereocenters. The van der Waals surface area contributed by atoms with Crippen molar-refractivity contribution in [2.45, 2.75) is 65.0 Å². The highest BCUT2D eigenvalue weighted by Crippen LogP contribution is 2.37. The highest BCUT2D eigenvalue weighted by atomic mass is 35.5. The van der Waals surface area contributed by atoms with Crippen molar-refractivity contribution in [3.05, 3.63) is 111 Å². The van der Waals surface area contributed by atoms with Crippen LogP contribution >= 0.6 is 11.6 Å². The Morgan fingerprint density at radius 3 is 2.51 bits per heavy atom. The molecule has 14 heteroatoms. The van der Waals surface area contributed by atoms with Crippen LogP contribution < -0.4 is 14.8 Å². The number of likely N-dealkylation sites (tertiary alicyclic amines) is 1. The second-order valence-corrected chi connectivity index (χ2v) is 14.3. The van der Waals surface area contributed by atoms with Gasteiger partial charge in [0.05, 0.1) is 23.3 Å². The molecule has 0 radical (unpaired) electrons. The maximum atomic E-state index is 11.8. The summed E-state index contributed by atoms with van der Waals surface area (Å²) in [5, 5.41) is 50.4. The predicted molar refractivity (Wildman–Crippen MR) is 204 cm³/mol. The number of hydrogen-bond donors (Lipinski definition) is 4. The number of aliphatic carboxylic acids is 1. The number of hydrogen-bond acceptors (Lipinski definition) is 12. The smallest absolute Gasteiger partial charge is 0.326 e. The van der Waals surface area contributed by atoms with Gasteiger partial charge in [-0.2, -0.15) is 5.26 Å². The molecule has 13 nitrogen and oxygen atoms in total. The number of pyridine rings is 1. The lowest BCUT2D eigenvalue weighted by atomic mass is 9.91. The minimum Gasteiger partial charge on any atom is -0.488 e. The Hall–Kier alpha value is -5.36. The van der Waals surface area contributed by atoms with E-state index in [-0.39, 0.29) is 30.9 Å². The van der Waals surface area contributed by atoms with E-state index in [1.165, 1.54) is 13.1 Å². The number of carboxylic acids is 1. The van der Waals surface area contributed by atoms with E-state index in [4.69, 9.17) is 25.5 Å². The van der Waals surface area contributed by atoms with Crippen LogP contribution in [0.5, 0.6) is 11.5 Å². The molecule has 0 bridgehead atoms. The molecule has 1 saturated heterocycles. The first-order valence-electron chi connectivity index (χ1n) is 17.9. The number of nitriles is 1. The maximum Gasteiger partial charge on any atom is 0.326 e. The lowest BCUT2D eigenvalue weighted by Gasteiger charge is -2.25. The van der Waals surface area contributed by atoms with E-state index in [1.807, 2.05) is 38.1 Å². The van der Waals surface area contributed by atoms with Crippen molar-refractivity contribution in [1.82, 2.24) is 25.4 Å². The van der Waals surface area contributed by atoms with Crippen molar-refractivity contribution in [3.8, 4) is 40.1 Å². The number of aromatic nitrogens is 3. The molecule has 1 fully saturated rings. The van der Waals surface area contributed by atoms with Gasteiger partial charge in [0.1, 0.15) is 36.3 Å². The number of rotatable bonds is 16. The van der Waals surface area contributed by atoms with Crippen LogP contribution in [0.3, 0.4) is 0 Å². The molecule has 0 aliphatic carbocycles. The van der Waals surface area contributed by atoms with Gasteiger partial charge in [-0.1, -0.05) is 41.9 Å². The summed E-state index contributed by atoms with van der Waals surface area (Å²) in [6, 6.07) is 19.0. The van der Waals surface area contributed by atoms with Gasteiger partial charge in [-0.25, -0.2) is 0 Å². The van der Waals surface area contributed by atoms with Crippen molar-refractivity contribution in [1.29, 1.82) is 5.26 Å². The SMILES string of the molecule is Cc1c(COc2cc(OCc3cncc(C#N)c3)c(CN[C@@](C)(CO)C(=O)O)cc2Cl)cccc1-c1cccc(-c2nnc(CCN3CC[C@@H](O)C3)o2)c1C. The molecule has 0 saturated carbocycles. The number of nitrogens with zero attached hydrogens (tertiary/aromatic N) is 5. The van der Waals surface area contributed by atoms with Crippen LogP contribution in [0.1, 0.15) is 52.6 Å². The Balaban J connectivity index is 1.21. The summed E-state index contributed by atoms with van der Waals surface area (Å²) in [5.41, 5.74) is 5.79. The van der Waals surface area contributed by atoms with Crippen LogP contribution in [0, 0.1) is 25.2 Å². The molecular formula is C41H43ClN6O7. The minimum absolute atomic E-state index is 0.0171. The monoisotopic (exact) mass is 766 g/mol. The number of ether oxygens (including phenoxy) is 2. The fraction of sp³-hybridized carbons (Fsp3) is 0.341. The van der Waals surface area contributed by atoms with E-state index in [1.54, 1.807) is 24.4 Å². The average molecular weight is 767 g/mol. The Bertz CT molecular complexity index is 2200. The summed E-state index contributed by atoms with van der Waals surface area (Å²) in [5.74, 6) is 0.525. The standard InChI is InChI=1S/C41H43ClN6O7/c1-25-29(6-4-7-32(25)33-8-5-9-34(26(33)2)39-47-46-38(55-39)11-13-48-12-10-31(50)21-48)23-54-37-16-36(53-22-28-14-27(17-43)18-44-19-28)30(15-35(37)42)20-45-41(3,24-49)40(51)52/h4-9,14-16,18-19,31,45,49-50H,10-13,20-24H2,1-3H3,(H,51,52)/t31-,41+/m1/s1. The molecular weight excluding hydrogens is 724 g/mol. The highest BCUT2D eigenvalue weighted by molar-refractivity contribution is 6.32. The molecule has 0 spiro atoms. The first-order valence-corrected chi connectivity index (χ1v) is 18.3. The molecule has 2 aromatic heterocycles. The van der Waals surface area contributed by atoms with Crippen LogP contribution in [-0.2, 0) is 31.0 Å². The van der Waals surface area contributed by atoms with Crippen LogP contribution in [0.4, 0.5) is 0 Å². The Morgan fingerprint density at radius 2 is 1.78 bits per heavy atom. The van der Waals surface area contributed by atoms with Gasteiger partial charge >= 0.3 is 5.97 Å². The van der Waals surface area contributed by atoms with Gasteiger partial charge in [-0.05, 0) is 73.2 Å². The van der Waals surface area contributed by atoms with E-state index in [0.29, 0.717) is 52.9 Å². The van der Waals surface area contributed by atoms with Crippen LogP contribution in [0.15, 0.2) is 71.4 Å². The van der Waals surface area contributed by atoms with Gasteiger partial charge in [0.15, 0.2) is 0 Å². The van der Waals surface area contributed by atoms with E-state index in [0.717, 1.165) is 52.9 Å². The van der Waals surface area contributed by atoms with Crippen LogP contribution in [0.2, 0.25) is 5.02 Å². The van der Waals surface area contributed by atoms with E-state index >= 15 is 0 Å². The number of aliphatic hydroxyl groups is 2. The zero-order valence-corrected chi connectivity index (χ0v) is 31.6. The first kappa shape index (κ1) is 39.3. The molecule has 1 aliphatic heterocycles.